The second kappa shape index (κ2) is 8.26. The van der Waals surface area contributed by atoms with Crippen molar-refractivity contribution in [3.63, 3.8) is 0 Å². The summed E-state index contributed by atoms with van der Waals surface area (Å²) in [7, 11) is -2.33. The maximum absolute atomic E-state index is 10.4. The van der Waals surface area contributed by atoms with Crippen LogP contribution in [0.25, 0.3) is 0 Å². The molecule has 0 heterocycles. The first-order valence-corrected chi connectivity index (χ1v) is 6.44. The molecular formula is C6H13O3P2. The van der Waals surface area contributed by atoms with Gasteiger partial charge in [0, 0.05) is 0 Å². The standard InChI is InChI=1S/C6H13O3P2/c1-2-3-4-5-6-9-11(8)10-7/h2-6H2,1H3. The largest absolute Gasteiger partial charge is 0.310 e. The molecule has 0 saturated heterocycles. The predicted octanol–water partition coefficient (Wildman–Crippen LogP) is 3.53. The molecule has 0 aliphatic rings. The maximum atomic E-state index is 10.4. The van der Waals surface area contributed by atoms with Crippen LogP contribution in [0.3, 0.4) is 0 Å². The minimum Gasteiger partial charge on any atom is -0.296 e. The summed E-state index contributed by atoms with van der Waals surface area (Å²) in [5.41, 5.74) is 0. The Balaban J connectivity index is 3.01. The van der Waals surface area contributed by atoms with Gasteiger partial charge in [0.25, 0.3) is 8.15 Å². The molecule has 0 N–H and O–H groups in total. The quantitative estimate of drug-likeness (QED) is 0.461. The summed E-state index contributed by atoms with van der Waals surface area (Å²) >= 11 is 0. The van der Waals surface area contributed by atoms with Gasteiger partial charge in [-0.15, -0.1) is 0 Å². The molecule has 5 heteroatoms. The van der Waals surface area contributed by atoms with Crippen LogP contribution >= 0.6 is 15.9 Å². The third-order valence-electron chi connectivity index (χ3n) is 1.27. The van der Waals surface area contributed by atoms with E-state index in [2.05, 4.69) is 6.92 Å². The molecule has 0 fully saturated rings. The molecule has 0 aliphatic carbocycles. The van der Waals surface area contributed by atoms with Crippen LogP contribution < -0.4 is 0 Å². The maximum Gasteiger partial charge on any atom is 0.310 e. The SMILES string of the molecule is CCCCCCO[P](=O)P=O. The minimum absolute atomic E-state index is 0.397. The minimum atomic E-state index is -1.93. The Hall–Kier alpha value is 0.160. The molecule has 0 aromatic carbocycles. The zero-order valence-electron chi connectivity index (χ0n) is 6.65. The van der Waals surface area contributed by atoms with E-state index in [1.54, 1.807) is 0 Å². The Morgan fingerprint density at radius 1 is 1.36 bits per heavy atom. The molecule has 65 valence electrons. The molecule has 11 heavy (non-hydrogen) atoms. The lowest BCUT2D eigenvalue weighted by atomic mass is 10.2. The summed E-state index contributed by atoms with van der Waals surface area (Å²) in [5.74, 6) is 0. The molecule has 0 amide bonds. The van der Waals surface area contributed by atoms with Crippen molar-refractivity contribution in [3.8, 4) is 0 Å². The summed E-state index contributed by atoms with van der Waals surface area (Å²) in [6.45, 7) is 2.59. The fraction of sp³-hybridized carbons (Fsp3) is 1.00. The van der Waals surface area contributed by atoms with Gasteiger partial charge in [0.15, 0.2) is 0 Å². The highest BCUT2D eigenvalue weighted by molar-refractivity contribution is 8.06. The van der Waals surface area contributed by atoms with Crippen LogP contribution in [-0.2, 0) is 13.7 Å². The van der Waals surface area contributed by atoms with Crippen LogP contribution in [0.5, 0.6) is 0 Å². The fourth-order valence-electron chi connectivity index (χ4n) is 0.695. The second-order valence-corrected chi connectivity index (χ2v) is 4.58. The molecule has 0 aliphatic heterocycles. The molecule has 0 spiro atoms. The first-order valence-electron chi connectivity index (χ1n) is 3.74. The van der Waals surface area contributed by atoms with E-state index in [0.717, 1.165) is 12.8 Å². The zero-order valence-corrected chi connectivity index (χ0v) is 8.44. The molecule has 0 rings (SSSR count). The highest BCUT2D eigenvalue weighted by Gasteiger charge is 1.97. The van der Waals surface area contributed by atoms with Crippen LogP contribution in [0.1, 0.15) is 32.6 Å². The van der Waals surface area contributed by atoms with Gasteiger partial charge in [-0.2, -0.15) is 0 Å². The lowest BCUT2D eigenvalue weighted by molar-refractivity contribution is 0.324. The number of rotatable bonds is 7. The average Bonchev–Trinajstić information content (AvgIpc) is 2.04. The zero-order chi connectivity index (χ0) is 8.53. The van der Waals surface area contributed by atoms with E-state index in [0.29, 0.717) is 6.61 Å². The Morgan fingerprint density at radius 2 is 2.09 bits per heavy atom. The molecule has 1 unspecified atom stereocenters. The van der Waals surface area contributed by atoms with Gasteiger partial charge in [0.05, 0.1) is 6.61 Å². The van der Waals surface area contributed by atoms with Crippen LogP contribution in [0.4, 0.5) is 0 Å². The first-order chi connectivity index (χ1) is 5.31. The van der Waals surface area contributed by atoms with Gasteiger partial charge in [-0.1, -0.05) is 26.2 Å². The van der Waals surface area contributed by atoms with E-state index in [1.165, 1.54) is 12.8 Å². The summed E-state index contributed by atoms with van der Waals surface area (Å²) in [6.07, 6.45) is 4.35. The average molecular weight is 195 g/mol. The number of unbranched alkanes of at least 4 members (excludes halogenated alkanes) is 3. The monoisotopic (exact) mass is 195 g/mol. The van der Waals surface area contributed by atoms with Crippen LogP contribution in [0, 0.1) is 0 Å². The third-order valence-corrected chi connectivity index (χ3v) is 2.55. The van der Waals surface area contributed by atoms with Gasteiger partial charge < -0.3 is 0 Å². The van der Waals surface area contributed by atoms with Crippen molar-refractivity contribution in [2.75, 3.05) is 6.61 Å². The molecule has 3 nitrogen and oxygen atoms in total. The number of hydrogen-bond donors (Lipinski definition) is 0. The van der Waals surface area contributed by atoms with Gasteiger partial charge in [0.2, 0.25) is 0 Å². The fourth-order valence-corrected chi connectivity index (χ4v) is 1.41. The third kappa shape index (κ3) is 8.06. The molecule has 0 bridgehead atoms. The lowest BCUT2D eigenvalue weighted by Gasteiger charge is -1.96. The molecule has 1 atom stereocenters. The summed E-state index contributed by atoms with van der Waals surface area (Å²) < 4.78 is 25.1. The Labute approximate surface area is 69.5 Å². The van der Waals surface area contributed by atoms with E-state index in [-0.39, 0.29) is 0 Å². The van der Waals surface area contributed by atoms with Crippen LogP contribution in [-0.4, -0.2) is 6.61 Å². The Kier molecular flexibility index (Phi) is 8.38. The topological polar surface area (TPSA) is 43.4 Å². The van der Waals surface area contributed by atoms with Crippen LogP contribution in [0.15, 0.2) is 0 Å². The predicted molar refractivity (Wildman–Crippen MR) is 45.3 cm³/mol. The van der Waals surface area contributed by atoms with Gasteiger partial charge in [-0.3, -0.25) is 9.09 Å². The van der Waals surface area contributed by atoms with Crippen molar-refractivity contribution in [1.29, 1.82) is 0 Å². The molecule has 0 aromatic heterocycles. The highest BCUT2D eigenvalue weighted by atomic mass is 32.0. The summed E-state index contributed by atoms with van der Waals surface area (Å²) in [4.78, 5) is 0. The van der Waals surface area contributed by atoms with Crippen molar-refractivity contribution < 1.29 is 13.7 Å². The van der Waals surface area contributed by atoms with Gasteiger partial charge >= 0.3 is 7.72 Å². The molecule has 0 aromatic rings. The Morgan fingerprint density at radius 3 is 2.64 bits per heavy atom. The summed E-state index contributed by atoms with van der Waals surface area (Å²) in [5, 5.41) is 0. The van der Waals surface area contributed by atoms with E-state index in [9.17, 15) is 9.13 Å². The van der Waals surface area contributed by atoms with Gasteiger partial charge in [-0.05, 0) is 6.42 Å². The molecule has 1 radical (unpaired) electrons. The first kappa shape index (κ1) is 11.2. The second-order valence-electron chi connectivity index (χ2n) is 2.21. The van der Waals surface area contributed by atoms with E-state index < -0.39 is 15.9 Å². The normalized spacial score (nSPS) is 11.9. The van der Waals surface area contributed by atoms with Crippen LogP contribution in [0.2, 0.25) is 0 Å². The van der Waals surface area contributed by atoms with E-state index >= 15 is 0 Å². The molecule has 0 saturated carbocycles. The Bertz CT molecular complexity index is 127. The smallest absolute Gasteiger partial charge is 0.296 e. The van der Waals surface area contributed by atoms with Gasteiger partial charge in [-0.25, -0.2) is 4.57 Å². The lowest BCUT2D eigenvalue weighted by Crippen LogP contribution is -1.84. The molecular weight excluding hydrogens is 182 g/mol. The number of hydrogen-bond acceptors (Lipinski definition) is 3. The van der Waals surface area contributed by atoms with E-state index in [4.69, 9.17) is 4.52 Å². The van der Waals surface area contributed by atoms with Crippen molar-refractivity contribution >= 4 is 15.9 Å². The van der Waals surface area contributed by atoms with Crippen molar-refractivity contribution in [1.82, 2.24) is 0 Å². The van der Waals surface area contributed by atoms with Crippen molar-refractivity contribution in [2.45, 2.75) is 32.6 Å². The van der Waals surface area contributed by atoms with Crippen molar-refractivity contribution in [2.24, 2.45) is 0 Å². The highest BCUT2D eigenvalue weighted by Crippen LogP contribution is 2.36. The summed E-state index contributed by atoms with van der Waals surface area (Å²) in [6, 6.07) is 0. The van der Waals surface area contributed by atoms with Crippen molar-refractivity contribution in [3.05, 3.63) is 0 Å². The van der Waals surface area contributed by atoms with E-state index in [1.807, 2.05) is 0 Å². The van der Waals surface area contributed by atoms with Gasteiger partial charge in [0.1, 0.15) is 0 Å².